The van der Waals surface area contributed by atoms with Crippen LogP contribution in [0.5, 0.6) is 0 Å². The number of hydrogen-bond donors (Lipinski definition) is 1. The van der Waals surface area contributed by atoms with Gasteiger partial charge in [-0.3, -0.25) is 9.48 Å². The summed E-state index contributed by atoms with van der Waals surface area (Å²) in [4.78, 5) is 21.0. The van der Waals surface area contributed by atoms with E-state index in [0.717, 1.165) is 4.68 Å². The lowest BCUT2D eigenvalue weighted by molar-refractivity contribution is -0.142. The third-order valence-electron chi connectivity index (χ3n) is 5.37. The topological polar surface area (TPSA) is 75.0 Å². The molecule has 176 valence electrons. The Balaban J connectivity index is 0.00000341. The van der Waals surface area contributed by atoms with E-state index in [-0.39, 0.29) is 47.9 Å². The Bertz CT molecular complexity index is 756. The lowest BCUT2D eigenvalue weighted by Crippen LogP contribution is -2.50. The number of aliphatic imine (C=N–C) groups is 1. The number of nitrogens with zero attached hydrogens (tertiary/aromatic N) is 5. The Morgan fingerprint density at radius 3 is 2.45 bits per heavy atom. The number of nitrogens with one attached hydrogen (secondary N) is 1. The van der Waals surface area contributed by atoms with Gasteiger partial charge in [0.1, 0.15) is 0 Å². The van der Waals surface area contributed by atoms with Crippen molar-refractivity contribution in [3.05, 3.63) is 17.5 Å². The molecule has 3 heterocycles. The molecule has 12 heteroatoms. The van der Waals surface area contributed by atoms with Crippen molar-refractivity contribution in [2.24, 2.45) is 18.0 Å². The molecule has 0 aliphatic carbocycles. The fourth-order valence-corrected chi connectivity index (χ4v) is 3.86. The highest BCUT2D eigenvalue weighted by Gasteiger charge is 2.37. The van der Waals surface area contributed by atoms with E-state index < -0.39 is 11.9 Å². The van der Waals surface area contributed by atoms with Crippen LogP contribution in [0.15, 0.2) is 11.2 Å². The van der Waals surface area contributed by atoms with Crippen molar-refractivity contribution in [1.29, 1.82) is 0 Å². The van der Waals surface area contributed by atoms with Gasteiger partial charge in [0.15, 0.2) is 11.7 Å². The average molecular weight is 558 g/mol. The van der Waals surface area contributed by atoms with E-state index in [2.05, 4.69) is 15.4 Å². The van der Waals surface area contributed by atoms with Gasteiger partial charge in [0.25, 0.3) is 0 Å². The van der Waals surface area contributed by atoms with Crippen LogP contribution in [0.4, 0.5) is 13.2 Å². The molecule has 31 heavy (non-hydrogen) atoms. The quantitative estimate of drug-likeness (QED) is 0.348. The van der Waals surface area contributed by atoms with Crippen LogP contribution >= 0.6 is 24.0 Å². The second-order valence-electron chi connectivity index (χ2n) is 7.54. The molecule has 1 N–H and O–H groups in total. The first kappa shape index (κ1) is 25.7. The largest absolute Gasteiger partial charge is 0.435 e. The minimum atomic E-state index is -4.51. The van der Waals surface area contributed by atoms with Gasteiger partial charge in [-0.05, 0) is 19.8 Å². The van der Waals surface area contributed by atoms with Gasteiger partial charge in [0.05, 0.1) is 19.8 Å². The fourth-order valence-electron chi connectivity index (χ4n) is 3.86. The number of ether oxygens (including phenoxy) is 1. The number of halogens is 4. The van der Waals surface area contributed by atoms with Crippen LogP contribution in [0, 0.1) is 5.92 Å². The first-order valence-corrected chi connectivity index (χ1v) is 10.3. The van der Waals surface area contributed by atoms with Gasteiger partial charge >= 0.3 is 6.18 Å². The number of carbonyl (C=O) groups is 1. The Hall–Kier alpha value is -1.57. The van der Waals surface area contributed by atoms with Crippen LogP contribution in [-0.2, 0) is 29.3 Å². The minimum Gasteiger partial charge on any atom is -0.378 e. The van der Waals surface area contributed by atoms with E-state index in [9.17, 15) is 18.0 Å². The van der Waals surface area contributed by atoms with Crippen molar-refractivity contribution in [2.45, 2.75) is 32.5 Å². The van der Waals surface area contributed by atoms with Gasteiger partial charge < -0.3 is 19.9 Å². The number of piperidine rings is 1. The summed E-state index contributed by atoms with van der Waals surface area (Å²) in [5.74, 6) is 0.703. The average Bonchev–Trinajstić information content (AvgIpc) is 3.12. The van der Waals surface area contributed by atoms with Crippen LogP contribution in [-0.4, -0.2) is 77.4 Å². The van der Waals surface area contributed by atoms with Crippen molar-refractivity contribution in [2.75, 3.05) is 45.9 Å². The van der Waals surface area contributed by atoms with Crippen molar-refractivity contribution in [3.63, 3.8) is 0 Å². The van der Waals surface area contributed by atoms with Gasteiger partial charge in [-0.15, -0.1) is 24.0 Å². The van der Waals surface area contributed by atoms with E-state index in [4.69, 9.17) is 4.74 Å². The minimum absolute atomic E-state index is 0. The number of rotatable bonds is 4. The van der Waals surface area contributed by atoms with E-state index in [1.165, 1.54) is 13.2 Å². The molecule has 8 nitrogen and oxygen atoms in total. The molecule has 1 aromatic heterocycles. The summed E-state index contributed by atoms with van der Waals surface area (Å²) in [5, 5.41) is 6.68. The molecule has 0 bridgehead atoms. The molecule has 1 aromatic rings. The third kappa shape index (κ3) is 6.70. The fraction of sp³-hybridized carbons (Fsp3) is 0.737. The lowest BCUT2D eigenvalue weighted by Gasteiger charge is -2.36. The van der Waals surface area contributed by atoms with Gasteiger partial charge in [0.2, 0.25) is 5.91 Å². The van der Waals surface area contributed by atoms with Crippen molar-refractivity contribution in [1.82, 2.24) is 24.9 Å². The van der Waals surface area contributed by atoms with Crippen LogP contribution in [0.1, 0.15) is 31.0 Å². The lowest BCUT2D eigenvalue weighted by atomic mass is 9.95. The smallest absolute Gasteiger partial charge is 0.378 e. The van der Waals surface area contributed by atoms with Crippen LogP contribution in [0.3, 0.4) is 0 Å². The van der Waals surface area contributed by atoms with Crippen molar-refractivity contribution in [3.8, 4) is 0 Å². The van der Waals surface area contributed by atoms with E-state index >= 15 is 0 Å². The molecule has 0 saturated carbocycles. The molecule has 2 aliphatic rings. The van der Waals surface area contributed by atoms with E-state index in [1.807, 2.05) is 16.7 Å². The van der Waals surface area contributed by atoms with Crippen LogP contribution in [0.2, 0.25) is 0 Å². The first-order valence-electron chi connectivity index (χ1n) is 10.3. The van der Waals surface area contributed by atoms with Crippen molar-refractivity contribution < 1.29 is 22.7 Å². The second-order valence-corrected chi connectivity index (χ2v) is 7.54. The molecule has 0 unspecified atom stereocenters. The van der Waals surface area contributed by atoms with Gasteiger partial charge in [-0.2, -0.15) is 18.3 Å². The van der Waals surface area contributed by atoms with E-state index in [1.54, 1.807) is 0 Å². The van der Waals surface area contributed by atoms with Gasteiger partial charge in [0, 0.05) is 57.4 Å². The number of amides is 1. The predicted molar refractivity (Wildman–Crippen MR) is 120 cm³/mol. The summed E-state index contributed by atoms with van der Waals surface area (Å²) in [6, 6.07) is 0. The summed E-state index contributed by atoms with van der Waals surface area (Å²) < 4.78 is 46.0. The number of likely N-dealkylation sites (tertiary alicyclic amines) is 1. The SMILES string of the molecule is CCNC(=NCc1cn(C)nc1C(F)(F)F)N1CCC(C(=O)N2CCOCC2)CC1.I. The molecule has 2 fully saturated rings. The maximum absolute atomic E-state index is 13.2. The van der Waals surface area contributed by atoms with Crippen LogP contribution in [0.25, 0.3) is 0 Å². The summed E-state index contributed by atoms with van der Waals surface area (Å²) in [5.41, 5.74) is -0.864. The number of alkyl halides is 3. The summed E-state index contributed by atoms with van der Waals surface area (Å²) in [6.45, 7) is 6.09. The van der Waals surface area contributed by atoms with Crippen molar-refractivity contribution >= 4 is 35.8 Å². The maximum Gasteiger partial charge on any atom is 0.435 e. The highest BCUT2D eigenvalue weighted by molar-refractivity contribution is 14.0. The number of hydrogen-bond acceptors (Lipinski definition) is 4. The van der Waals surface area contributed by atoms with E-state index in [0.29, 0.717) is 64.7 Å². The van der Waals surface area contributed by atoms with Gasteiger partial charge in [-0.25, -0.2) is 4.99 Å². The Morgan fingerprint density at radius 1 is 1.23 bits per heavy atom. The zero-order chi connectivity index (χ0) is 21.7. The molecule has 1 amide bonds. The molecular weight excluding hydrogens is 528 g/mol. The highest BCUT2D eigenvalue weighted by Crippen LogP contribution is 2.31. The normalized spacial score (nSPS) is 18.7. The molecule has 0 aromatic carbocycles. The predicted octanol–water partition coefficient (Wildman–Crippen LogP) is 2.09. The zero-order valence-electron chi connectivity index (χ0n) is 17.8. The molecular formula is C19H30F3IN6O2. The summed E-state index contributed by atoms with van der Waals surface area (Å²) in [6.07, 6.45) is -1.77. The second kappa shape index (κ2) is 11.3. The number of aryl methyl sites for hydroxylation is 1. The molecule has 0 radical (unpaired) electrons. The molecule has 2 aliphatic heterocycles. The molecule has 2 saturated heterocycles. The third-order valence-corrected chi connectivity index (χ3v) is 5.37. The Labute approximate surface area is 197 Å². The number of morpholine rings is 1. The molecule has 3 rings (SSSR count). The van der Waals surface area contributed by atoms with Crippen LogP contribution < -0.4 is 5.32 Å². The Kier molecular flexibility index (Phi) is 9.40. The molecule has 0 spiro atoms. The Morgan fingerprint density at radius 2 is 1.87 bits per heavy atom. The number of carbonyl (C=O) groups excluding carboxylic acids is 1. The number of aromatic nitrogens is 2. The first-order chi connectivity index (χ1) is 14.3. The van der Waals surface area contributed by atoms with Gasteiger partial charge in [-0.1, -0.05) is 0 Å². The summed E-state index contributed by atoms with van der Waals surface area (Å²) >= 11 is 0. The zero-order valence-corrected chi connectivity index (χ0v) is 20.2. The molecule has 0 atom stereocenters. The summed E-state index contributed by atoms with van der Waals surface area (Å²) in [7, 11) is 1.46. The standard InChI is InChI=1S/C19H29F3N6O2.HI/c1-3-23-18(24-12-15-13-26(2)25-16(15)19(20,21)22)28-6-4-14(5-7-28)17(29)27-8-10-30-11-9-27;/h13-14H,3-12H2,1-2H3,(H,23,24);1H. The monoisotopic (exact) mass is 558 g/mol. The highest BCUT2D eigenvalue weighted by atomic mass is 127. The maximum atomic E-state index is 13.2. The number of guanidine groups is 1.